The number of aromatic nitrogens is 2. The van der Waals surface area contributed by atoms with Crippen molar-refractivity contribution in [1.82, 2.24) is 15.3 Å². The van der Waals surface area contributed by atoms with E-state index in [1.165, 1.54) is 5.56 Å². The summed E-state index contributed by atoms with van der Waals surface area (Å²) in [5.41, 5.74) is 8.52. The number of H-pyrrole nitrogens is 1. The van der Waals surface area contributed by atoms with Crippen LogP contribution in [-0.2, 0) is 11.3 Å². The second-order valence-corrected chi connectivity index (χ2v) is 4.56. The standard InChI is InChI=1S/C13H18N4O.ClH/c1-8-3-4-10-11(5-8)17-12(16-10)7-15-13(18)9(2)6-14;/h3-5,9H,6-7,14H2,1-2H3,(H,15,18)(H,16,17);1H. The van der Waals surface area contributed by atoms with Crippen LogP contribution in [-0.4, -0.2) is 22.4 Å². The van der Waals surface area contributed by atoms with Crippen molar-refractivity contribution in [2.75, 3.05) is 6.54 Å². The molecule has 1 aromatic carbocycles. The Bertz CT molecular complexity index is 567. The third-order valence-corrected chi connectivity index (χ3v) is 2.92. The zero-order chi connectivity index (χ0) is 13.1. The highest BCUT2D eigenvalue weighted by Gasteiger charge is 2.11. The van der Waals surface area contributed by atoms with Crippen molar-refractivity contribution < 1.29 is 4.79 Å². The Morgan fingerprint density at radius 1 is 1.53 bits per heavy atom. The predicted octanol–water partition coefficient (Wildman–Crippen LogP) is 1.50. The number of fused-ring (bicyclic) bond motifs is 1. The molecule has 1 heterocycles. The monoisotopic (exact) mass is 282 g/mol. The maximum atomic E-state index is 11.6. The van der Waals surface area contributed by atoms with E-state index in [2.05, 4.69) is 15.3 Å². The quantitative estimate of drug-likeness (QED) is 0.795. The second kappa shape index (κ2) is 6.54. The molecule has 2 aromatic rings. The SMILES string of the molecule is Cc1ccc2nc(CNC(=O)C(C)CN)[nH]c2c1.Cl. The smallest absolute Gasteiger partial charge is 0.224 e. The molecule has 0 aliphatic heterocycles. The van der Waals surface area contributed by atoms with Crippen molar-refractivity contribution in [2.45, 2.75) is 20.4 Å². The first-order chi connectivity index (χ1) is 8.60. The van der Waals surface area contributed by atoms with Gasteiger partial charge in [0, 0.05) is 12.5 Å². The fourth-order valence-electron chi connectivity index (χ4n) is 1.71. The third kappa shape index (κ3) is 3.68. The lowest BCUT2D eigenvalue weighted by Gasteiger charge is -2.07. The van der Waals surface area contributed by atoms with Crippen LogP contribution in [0, 0.1) is 12.8 Å². The Kier molecular flexibility index (Phi) is 5.32. The average molecular weight is 283 g/mol. The molecule has 19 heavy (non-hydrogen) atoms. The Balaban J connectivity index is 0.00000180. The van der Waals surface area contributed by atoms with Gasteiger partial charge in [0.2, 0.25) is 5.91 Å². The number of benzene rings is 1. The van der Waals surface area contributed by atoms with E-state index in [-0.39, 0.29) is 24.2 Å². The van der Waals surface area contributed by atoms with Gasteiger partial charge in [0.1, 0.15) is 5.82 Å². The van der Waals surface area contributed by atoms with Crippen LogP contribution in [0.25, 0.3) is 11.0 Å². The van der Waals surface area contributed by atoms with Crippen LogP contribution >= 0.6 is 12.4 Å². The highest BCUT2D eigenvalue weighted by atomic mass is 35.5. The number of carbonyl (C=O) groups excluding carboxylic acids is 1. The molecular formula is C13H19ClN4O. The van der Waals surface area contributed by atoms with Crippen LogP contribution in [0.5, 0.6) is 0 Å². The summed E-state index contributed by atoms with van der Waals surface area (Å²) in [5, 5.41) is 2.81. The van der Waals surface area contributed by atoms with Crippen molar-refractivity contribution >= 4 is 29.3 Å². The summed E-state index contributed by atoms with van der Waals surface area (Å²) in [6, 6.07) is 6.02. The highest BCUT2D eigenvalue weighted by Crippen LogP contribution is 2.13. The van der Waals surface area contributed by atoms with Crippen molar-refractivity contribution in [1.29, 1.82) is 0 Å². The van der Waals surface area contributed by atoms with E-state index in [9.17, 15) is 4.79 Å². The number of nitrogens with zero attached hydrogens (tertiary/aromatic N) is 1. The maximum absolute atomic E-state index is 11.6. The van der Waals surface area contributed by atoms with Crippen LogP contribution < -0.4 is 11.1 Å². The number of rotatable bonds is 4. The number of carbonyl (C=O) groups is 1. The number of nitrogens with two attached hydrogens (primary N) is 1. The van der Waals surface area contributed by atoms with E-state index in [0.29, 0.717) is 13.1 Å². The second-order valence-electron chi connectivity index (χ2n) is 4.56. The summed E-state index contributed by atoms with van der Waals surface area (Å²) < 4.78 is 0. The number of aromatic amines is 1. The molecule has 0 saturated carbocycles. The molecule has 0 bridgehead atoms. The summed E-state index contributed by atoms with van der Waals surface area (Å²) in [4.78, 5) is 19.2. The van der Waals surface area contributed by atoms with Gasteiger partial charge in [-0.1, -0.05) is 13.0 Å². The molecule has 0 spiro atoms. The Morgan fingerprint density at radius 3 is 2.95 bits per heavy atom. The first kappa shape index (κ1) is 15.5. The fraction of sp³-hybridized carbons (Fsp3) is 0.385. The van der Waals surface area contributed by atoms with E-state index >= 15 is 0 Å². The number of nitrogens with one attached hydrogen (secondary N) is 2. The molecular weight excluding hydrogens is 264 g/mol. The van der Waals surface area contributed by atoms with Gasteiger partial charge in [0.15, 0.2) is 0 Å². The lowest BCUT2D eigenvalue weighted by atomic mass is 10.2. The molecule has 2 rings (SSSR count). The summed E-state index contributed by atoms with van der Waals surface area (Å²) in [6.07, 6.45) is 0. The Morgan fingerprint density at radius 2 is 2.26 bits per heavy atom. The summed E-state index contributed by atoms with van der Waals surface area (Å²) in [6.45, 7) is 4.59. The van der Waals surface area contributed by atoms with Crippen LogP contribution in [0.2, 0.25) is 0 Å². The summed E-state index contributed by atoms with van der Waals surface area (Å²) in [7, 11) is 0. The molecule has 0 aliphatic rings. The minimum atomic E-state index is -0.170. The van der Waals surface area contributed by atoms with Crippen LogP contribution in [0.4, 0.5) is 0 Å². The fourth-order valence-corrected chi connectivity index (χ4v) is 1.71. The van der Waals surface area contributed by atoms with Crippen molar-refractivity contribution in [3.05, 3.63) is 29.6 Å². The van der Waals surface area contributed by atoms with Gasteiger partial charge in [-0.15, -0.1) is 12.4 Å². The molecule has 1 aromatic heterocycles. The Hall–Kier alpha value is -1.59. The maximum Gasteiger partial charge on any atom is 0.224 e. The van der Waals surface area contributed by atoms with Crippen LogP contribution in [0.3, 0.4) is 0 Å². The van der Waals surface area contributed by atoms with Crippen LogP contribution in [0.1, 0.15) is 18.3 Å². The first-order valence-corrected chi connectivity index (χ1v) is 6.03. The number of hydrogen-bond donors (Lipinski definition) is 3. The molecule has 1 unspecified atom stereocenters. The Labute approximate surface area is 118 Å². The van der Waals surface area contributed by atoms with Crippen molar-refractivity contribution in [3.8, 4) is 0 Å². The molecule has 1 amide bonds. The zero-order valence-electron chi connectivity index (χ0n) is 11.1. The van der Waals surface area contributed by atoms with Gasteiger partial charge in [0.05, 0.1) is 17.6 Å². The van der Waals surface area contributed by atoms with Crippen molar-refractivity contribution in [2.24, 2.45) is 11.7 Å². The summed E-state index contributed by atoms with van der Waals surface area (Å²) in [5.74, 6) is 0.541. The van der Waals surface area contributed by atoms with Gasteiger partial charge < -0.3 is 16.0 Å². The average Bonchev–Trinajstić information content (AvgIpc) is 2.76. The van der Waals surface area contributed by atoms with E-state index in [1.54, 1.807) is 6.92 Å². The molecule has 0 aliphatic carbocycles. The van der Waals surface area contributed by atoms with E-state index in [1.807, 2.05) is 25.1 Å². The molecule has 0 saturated heterocycles. The van der Waals surface area contributed by atoms with Gasteiger partial charge in [0.25, 0.3) is 0 Å². The number of halogens is 1. The van der Waals surface area contributed by atoms with Gasteiger partial charge in [-0.05, 0) is 24.6 Å². The number of hydrogen-bond acceptors (Lipinski definition) is 3. The predicted molar refractivity (Wildman–Crippen MR) is 78.1 cm³/mol. The van der Waals surface area contributed by atoms with E-state index in [0.717, 1.165) is 16.9 Å². The third-order valence-electron chi connectivity index (χ3n) is 2.92. The van der Waals surface area contributed by atoms with Gasteiger partial charge in [-0.25, -0.2) is 4.98 Å². The minimum Gasteiger partial charge on any atom is -0.349 e. The number of aryl methyl sites for hydroxylation is 1. The van der Waals surface area contributed by atoms with Gasteiger partial charge in [-0.2, -0.15) is 0 Å². The van der Waals surface area contributed by atoms with Gasteiger partial charge >= 0.3 is 0 Å². The van der Waals surface area contributed by atoms with Gasteiger partial charge in [-0.3, -0.25) is 4.79 Å². The van der Waals surface area contributed by atoms with Crippen LogP contribution in [0.15, 0.2) is 18.2 Å². The highest BCUT2D eigenvalue weighted by molar-refractivity contribution is 5.85. The first-order valence-electron chi connectivity index (χ1n) is 6.03. The molecule has 0 fully saturated rings. The lowest BCUT2D eigenvalue weighted by molar-refractivity contribution is -0.124. The molecule has 6 heteroatoms. The lowest BCUT2D eigenvalue weighted by Crippen LogP contribution is -2.33. The largest absolute Gasteiger partial charge is 0.349 e. The molecule has 1 atom stereocenters. The van der Waals surface area contributed by atoms with E-state index < -0.39 is 0 Å². The topological polar surface area (TPSA) is 83.8 Å². The number of amides is 1. The molecule has 0 radical (unpaired) electrons. The molecule has 5 nitrogen and oxygen atoms in total. The summed E-state index contributed by atoms with van der Waals surface area (Å²) >= 11 is 0. The molecule has 4 N–H and O–H groups in total. The normalized spacial score (nSPS) is 11.9. The number of imidazole rings is 1. The van der Waals surface area contributed by atoms with Crippen molar-refractivity contribution in [3.63, 3.8) is 0 Å². The van der Waals surface area contributed by atoms with E-state index in [4.69, 9.17) is 5.73 Å². The molecule has 104 valence electrons. The minimum absolute atomic E-state index is 0. The zero-order valence-corrected chi connectivity index (χ0v) is 11.9.